The maximum Gasteiger partial charge on any atom is 0.336 e. The molecule has 1 atom stereocenters. The van der Waals surface area contributed by atoms with Gasteiger partial charge in [-0.25, -0.2) is 21.9 Å². The molecule has 0 saturated carbocycles. The van der Waals surface area contributed by atoms with Gasteiger partial charge in [0.25, 0.3) is 15.9 Å². The number of benzene rings is 1. The molecule has 2 aromatic rings. The molecule has 4 amide bonds. The highest BCUT2D eigenvalue weighted by Crippen LogP contribution is 2.33. The first kappa shape index (κ1) is 21.6. The summed E-state index contributed by atoms with van der Waals surface area (Å²) in [7, 11) is -4.69. The number of urea groups is 1. The van der Waals surface area contributed by atoms with Crippen molar-refractivity contribution in [1.82, 2.24) is 19.8 Å². The standard InChI is InChI=1S/C17H14FN7O5S/c1-8(11-4-5-13(16(20)27)24-23-11)21-14(26)7-25-17(28)22-12-3-2-10(18)9(6-19)15(12)31(25,29)30/h2-5,8H,7H2,1H3,(H2,20,27)(H,21,26)(H,22,28). The predicted molar refractivity (Wildman–Crippen MR) is 101 cm³/mol. The Morgan fingerprint density at radius 2 is 2.03 bits per heavy atom. The highest BCUT2D eigenvalue weighted by atomic mass is 32.2. The van der Waals surface area contributed by atoms with Gasteiger partial charge in [0.2, 0.25) is 5.91 Å². The first-order valence-electron chi connectivity index (χ1n) is 8.55. The van der Waals surface area contributed by atoms with Gasteiger partial charge in [-0.2, -0.15) is 10.4 Å². The quantitative estimate of drug-likeness (QED) is 0.571. The summed E-state index contributed by atoms with van der Waals surface area (Å²) >= 11 is 0. The summed E-state index contributed by atoms with van der Waals surface area (Å²) in [4.78, 5) is 34.9. The summed E-state index contributed by atoms with van der Waals surface area (Å²) in [6, 6.07) is 4.09. The number of halogens is 1. The Balaban J connectivity index is 1.81. The van der Waals surface area contributed by atoms with Crippen LogP contribution >= 0.6 is 0 Å². The molecule has 1 aliphatic rings. The highest BCUT2D eigenvalue weighted by Gasteiger charge is 2.40. The maximum absolute atomic E-state index is 13.9. The van der Waals surface area contributed by atoms with Crippen molar-refractivity contribution in [3.05, 3.63) is 47.0 Å². The van der Waals surface area contributed by atoms with Crippen LogP contribution in [0.15, 0.2) is 29.2 Å². The van der Waals surface area contributed by atoms with Crippen molar-refractivity contribution in [3.63, 3.8) is 0 Å². The Hall–Kier alpha value is -4.12. The lowest BCUT2D eigenvalue weighted by Crippen LogP contribution is -2.49. The fraction of sp³-hybridized carbons (Fsp3) is 0.176. The number of nitrogens with zero attached hydrogens (tertiary/aromatic N) is 4. The number of anilines is 1. The van der Waals surface area contributed by atoms with Crippen molar-refractivity contribution in [2.45, 2.75) is 17.9 Å². The Morgan fingerprint density at radius 3 is 2.61 bits per heavy atom. The molecule has 0 aliphatic carbocycles. The molecule has 14 heteroatoms. The van der Waals surface area contributed by atoms with Crippen LogP contribution in [0.1, 0.15) is 34.7 Å². The summed E-state index contributed by atoms with van der Waals surface area (Å²) < 4.78 is 39.8. The van der Waals surface area contributed by atoms with Gasteiger partial charge < -0.3 is 16.4 Å². The number of primary amides is 1. The van der Waals surface area contributed by atoms with E-state index in [0.717, 1.165) is 12.1 Å². The van der Waals surface area contributed by atoms with Crippen LogP contribution in [-0.4, -0.2) is 47.3 Å². The van der Waals surface area contributed by atoms with Crippen molar-refractivity contribution in [2.24, 2.45) is 5.73 Å². The van der Waals surface area contributed by atoms with Crippen molar-refractivity contribution >= 4 is 33.6 Å². The van der Waals surface area contributed by atoms with Gasteiger partial charge in [-0.15, -0.1) is 5.10 Å². The number of sulfonamides is 1. The number of hydrogen-bond acceptors (Lipinski definition) is 8. The van der Waals surface area contributed by atoms with Crippen molar-refractivity contribution < 1.29 is 27.2 Å². The molecule has 1 aromatic carbocycles. The monoisotopic (exact) mass is 447 g/mol. The van der Waals surface area contributed by atoms with Crippen molar-refractivity contribution in [1.29, 1.82) is 5.26 Å². The average molecular weight is 447 g/mol. The Kier molecular flexibility index (Phi) is 5.54. The first-order valence-corrected chi connectivity index (χ1v) is 9.99. The number of carbonyl (C=O) groups is 3. The van der Waals surface area contributed by atoms with Crippen molar-refractivity contribution in [3.8, 4) is 6.07 Å². The lowest BCUT2D eigenvalue weighted by atomic mass is 10.2. The van der Waals surface area contributed by atoms with Gasteiger partial charge in [-0.3, -0.25) is 9.59 Å². The number of hydrogen-bond donors (Lipinski definition) is 3. The molecule has 0 fully saturated rings. The third-order valence-electron chi connectivity index (χ3n) is 4.28. The molecule has 12 nitrogen and oxygen atoms in total. The molecule has 0 saturated heterocycles. The van der Waals surface area contributed by atoms with E-state index >= 15 is 0 Å². The number of rotatable bonds is 5. The second-order valence-electron chi connectivity index (χ2n) is 6.35. The molecule has 31 heavy (non-hydrogen) atoms. The Bertz CT molecular complexity index is 1240. The fourth-order valence-corrected chi connectivity index (χ4v) is 4.35. The number of amides is 4. The van der Waals surface area contributed by atoms with E-state index in [1.165, 1.54) is 25.1 Å². The van der Waals surface area contributed by atoms with Gasteiger partial charge in [0.15, 0.2) is 5.69 Å². The number of aromatic nitrogens is 2. The van der Waals surface area contributed by atoms with E-state index < -0.39 is 56.7 Å². The largest absolute Gasteiger partial charge is 0.364 e. The number of nitrogens with two attached hydrogens (primary N) is 1. The lowest BCUT2D eigenvalue weighted by molar-refractivity contribution is -0.121. The molecule has 0 radical (unpaired) electrons. The van der Waals surface area contributed by atoms with Gasteiger partial charge in [-0.1, -0.05) is 0 Å². The molecule has 0 spiro atoms. The number of fused-ring (bicyclic) bond motifs is 1. The minimum Gasteiger partial charge on any atom is -0.364 e. The van der Waals surface area contributed by atoms with Crippen LogP contribution < -0.4 is 16.4 Å². The molecule has 2 heterocycles. The second kappa shape index (κ2) is 7.95. The van der Waals surface area contributed by atoms with E-state index in [-0.39, 0.29) is 21.4 Å². The predicted octanol–water partition coefficient (Wildman–Crippen LogP) is -0.000120. The summed E-state index contributed by atoms with van der Waals surface area (Å²) in [5, 5.41) is 21.1. The van der Waals surface area contributed by atoms with Crippen LogP contribution in [0.2, 0.25) is 0 Å². The summed E-state index contributed by atoms with van der Waals surface area (Å²) in [5.74, 6) is -2.76. The van der Waals surface area contributed by atoms with Crippen LogP contribution in [0.25, 0.3) is 0 Å². The SMILES string of the molecule is CC(NC(=O)CN1C(=O)Nc2ccc(F)c(C#N)c2S1(=O)=O)c1ccc(C(N)=O)nn1. The van der Waals surface area contributed by atoms with E-state index in [4.69, 9.17) is 11.0 Å². The van der Waals surface area contributed by atoms with Crippen LogP contribution in [0.5, 0.6) is 0 Å². The molecule has 4 N–H and O–H groups in total. The topological polar surface area (TPSA) is 188 Å². The summed E-state index contributed by atoms with van der Waals surface area (Å²) in [6.07, 6.45) is 0. The third-order valence-corrected chi connectivity index (χ3v) is 6.10. The minimum absolute atomic E-state index is 0.0856. The van der Waals surface area contributed by atoms with Gasteiger partial charge in [0, 0.05) is 0 Å². The molecule has 0 bridgehead atoms. The van der Waals surface area contributed by atoms with Gasteiger partial charge in [-0.05, 0) is 31.2 Å². The molecular weight excluding hydrogens is 433 g/mol. The zero-order chi connectivity index (χ0) is 22.9. The zero-order valence-electron chi connectivity index (χ0n) is 15.8. The van der Waals surface area contributed by atoms with Crippen LogP contribution in [0.3, 0.4) is 0 Å². The summed E-state index contributed by atoms with van der Waals surface area (Å²) in [6.45, 7) is 0.571. The Labute approximate surface area is 174 Å². The van der Waals surface area contributed by atoms with Crippen LogP contribution in [0, 0.1) is 17.1 Å². The molecular formula is C17H14FN7O5S. The normalized spacial score (nSPS) is 15.3. The van der Waals surface area contributed by atoms with E-state index in [2.05, 4.69) is 20.8 Å². The van der Waals surface area contributed by atoms with Gasteiger partial charge in [0.1, 0.15) is 28.9 Å². The molecule has 1 unspecified atom stereocenters. The smallest absolute Gasteiger partial charge is 0.336 e. The van der Waals surface area contributed by atoms with Crippen LogP contribution in [0.4, 0.5) is 14.9 Å². The highest BCUT2D eigenvalue weighted by molar-refractivity contribution is 7.90. The second-order valence-corrected chi connectivity index (χ2v) is 8.15. The molecule has 1 aliphatic heterocycles. The van der Waals surface area contributed by atoms with Gasteiger partial charge >= 0.3 is 6.03 Å². The number of nitriles is 1. The average Bonchev–Trinajstić information content (AvgIpc) is 2.71. The van der Waals surface area contributed by atoms with E-state index in [9.17, 15) is 27.2 Å². The van der Waals surface area contributed by atoms with Crippen LogP contribution in [-0.2, 0) is 14.8 Å². The van der Waals surface area contributed by atoms with Gasteiger partial charge in [0.05, 0.1) is 17.4 Å². The third kappa shape index (κ3) is 3.98. The van der Waals surface area contributed by atoms with E-state index in [0.29, 0.717) is 0 Å². The minimum atomic E-state index is -4.69. The zero-order valence-corrected chi connectivity index (χ0v) is 16.6. The number of carbonyl (C=O) groups excluding carboxylic acids is 3. The fourth-order valence-electron chi connectivity index (χ4n) is 2.78. The molecule has 160 valence electrons. The van der Waals surface area contributed by atoms with E-state index in [1.54, 1.807) is 0 Å². The molecule has 3 rings (SSSR count). The maximum atomic E-state index is 13.9. The Morgan fingerprint density at radius 1 is 1.32 bits per heavy atom. The first-order chi connectivity index (χ1) is 14.6. The lowest BCUT2D eigenvalue weighted by Gasteiger charge is -2.29. The molecule has 1 aromatic heterocycles. The van der Waals surface area contributed by atoms with Crippen molar-refractivity contribution in [2.75, 3.05) is 11.9 Å². The van der Waals surface area contributed by atoms with E-state index in [1.807, 2.05) is 0 Å². The summed E-state index contributed by atoms with van der Waals surface area (Å²) in [5.41, 5.74) is 4.18. The number of nitrogens with one attached hydrogen (secondary N) is 2.